The Morgan fingerprint density at radius 1 is 1.12 bits per heavy atom. The van der Waals surface area contributed by atoms with Gasteiger partial charge in [0.1, 0.15) is 0 Å². The number of aliphatic carboxylic acids is 1. The topological polar surface area (TPSA) is 75.4 Å². The molecule has 0 aliphatic carbocycles. The van der Waals surface area contributed by atoms with Crippen LogP contribution in [0.5, 0.6) is 0 Å². The van der Waals surface area contributed by atoms with Gasteiger partial charge in [0, 0.05) is 19.3 Å². The zero-order chi connectivity index (χ0) is 18.2. The molecule has 1 aliphatic rings. The molecule has 1 aromatic carbocycles. The highest BCUT2D eigenvalue weighted by Crippen LogP contribution is 2.38. The van der Waals surface area contributed by atoms with E-state index in [1.54, 1.807) is 24.3 Å². The third kappa shape index (κ3) is 3.82. The van der Waals surface area contributed by atoms with E-state index in [9.17, 15) is 22.8 Å². The van der Waals surface area contributed by atoms with E-state index >= 15 is 0 Å². The molecular formula is C16H15ClF3N3O3. The first-order valence-corrected chi connectivity index (χ1v) is 7.47. The van der Waals surface area contributed by atoms with Crippen molar-refractivity contribution in [2.24, 2.45) is 11.8 Å². The summed E-state index contributed by atoms with van der Waals surface area (Å²) in [7, 11) is 0. The highest BCUT2D eigenvalue weighted by molar-refractivity contribution is 5.93. The number of amides is 1. The number of likely N-dealkylation sites (tertiary alicyclic amines) is 1. The molecule has 0 saturated carbocycles. The molecule has 0 spiro atoms. The number of nitrogens with zero attached hydrogens (tertiary/aromatic N) is 3. The second-order valence-corrected chi connectivity index (χ2v) is 5.78. The Bertz CT molecular complexity index is 795. The lowest BCUT2D eigenvalue weighted by Crippen LogP contribution is -2.34. The molecule has 1 fully saturated rings. The summed E-state index contributed by atoms with van der Waals surface area (Å²) in [5.41, 5.74) is 0.662. The van der Waals surface area contributed by atoms with Crippen molar-refractivity contribution in [3.63, 3.8) is 0 Å². The summed E-state index contributed by atoms with van der Waals surface area (Å²) in [5, 5.41) is 13.1. The number of hydrogen-bond acceptors (Lipinski definition) is 3. The maximum atomic E-state index is 13.0. The lowest BCUT2D eigenvalue weighted by atomic mass is 9.96. The van der Waals surface area contributed by atoms with Crippen LogP contribution in [0.1, 0.15) is 10.5 Å². The van der Waals surface area contributed by atoms with E-state index in [4.69, 9.17) is 5.11 Å². The van der Waals surface area contributed by atoms with E-state index in [1.807, 2.05) is 6.07 Å². The second kappa shape index (κ2) is 7.36. The number of aromatic nitrogens is 2. The standard InChI is InChI=1S/C16H14F3N3O3.ClH/c17-16(18,19)12-9-21(8-11(12)15(24)25)14(23)13-6-7-22(20-13)10-4-2-1-3-5-10;/h1-7,11-12H,8-9H2,(H,24,25);1H/t11-,12-;/m1./s1. The fourth-order valence-electron chi connectivity index (χ4n) is 2.88. The molecular weight excluding hydrogens is 375 g/mol. The summed E-state index contributed by atoms with van der Waals surface area (Å²) in [6.45, 7) is -1.17. The van der Waals surface area contributed by atoms with Crippen LogP contribution in [0.4, 0.5) is 13.2 Å². The van der Waals surface area contributed by atoms with Crippen molar-refractivity contribution in [2.75, 3.05) is 13.1 Å². The minimum absolute atomic E-state index is 0. The Balaban J connectivity index is 0.00000243. The van der Waals surface area contributed by atoms with E-state index in [-0.39, 0.29) is 18.1 Å². The zero-order valence-electron chi connectivity index (χ0n) is 13.3. The van der Waals surface area contributed by atoms with E-state index in [0.717, 1.165) is 4.90 Å². The monoisotopic (exact) mass is 389 g/mol. The number of rotatable bonds is 3. The van der Waals surface area contributed by atoms with Crippen LogP contribution in [-0.4, -0.2) is 50.9 Å². The Kier molecular flexibility index (Phi) is 5.60. The zero-order valence-corrected chi connectivity index (χ0v) is 14.1. The third-order valence-corrected chi connectivity index (χ3v) is 4.17. The minimum Gasteiger partial charge on any atom is -0.481 e. The van der Waals surface area contributed by atoms with Gasteiger partial charge in [-0.05, 0) is 18.2 Å². The largest absolute Gasteiger partial charge is 0.481 e. The van der Waals surface area contributed by atoms with Crippen molar-refractivity contribution < 1.29 is 27.9 Å². The molecule has 1 saturated heterocycles. The molecule has 1 aliphatic heterocycles. The lowest BCUT2D eigenvalue weighted by molar-refractivity contribution is -0.187. The number of hydrogen-bond donors (Lipinski definition) is 1. The number of halogens is 4. The summed E-state index contributed by atoms with van der Waals surface area (Å²) in [5.74, 6) is -6.02. The molecule has 6 nitrogen and oxygen atoms in total. The lowest BCUT2D eigenvalue weighted by Gasteiger charge is -2.18. The Hall–Kier alpha value is -2.55. The molecule has 1 amide bonds. The van der Waals surface area contributed by atoms with Crippen LogP contribution in [0, 0.1) is 11.8 Å². The summed E-state index contributed by atoms with van der Waals surface area (Å²) >= 11 is 0. The molecule has 26 heavy (non-hydrogen) atoms. The van der Waals surface area contributed by atoms with Crippen LogP contribution in [0.25, 0.3) is 5.69 Å². The highest BCUT2D eigenvalue weighted by Gasteiger charge is 2.53. The van der Waals surface area contributed by atoms with Gasteiger partial charge in [0.05, 0.1) is 17.5 Å². The van der Waals surface area contributed by atoms with Crippen molar-refractivity contribution >= 4 is 24.3 Å². The van der Waals surface area contributed by atoms with E-state index in [0.29, 0.717) is 5.69 Å². The van der Waals surface area contributed by atoms with Gasteiger partial charge in [-0.25, -0.2) is 4.68 Å². The smallest absolute Gasteiger partial charge is 0.394 e. The van der Waals surface area contributed by atoms with Crippen molar-refractivity contribution in [1.29, 1.82) is 0 Å². The quantitative estimate of drug-likeness (QED) is 0.875. The van der Waals surface area contributed by atoms with Crippen LogP contribution in [0.15, 0.2) is 42.6 Å². The van der Waals surface area contributed by atoms with Crippen molar-refractivity contribution in [2.45, 2.75) is 6.18 Å². The van der Waals surface area contributed by atoms with Crippen LogP contribution >= 0.6 is 12.4 Å². The Morgan fingerprint density at radius 3 is 2.31 bits per heavy atom. The molecule has 0 bridgehead atoms. The van der Waals surface area contributed by atoms with Crippen molar-refractivity contribution in [3.8, 4) is 5.69 Å². The fraction of sp³-hybridized carbons (Fsp3) is 0.312. The summed E-state index contributed by atoms with van der Waals surface area (Å²) < 4.78 is 40.5. The molecule has 2 heterocycles. The molecule has 1 aromatic heterocycles. The average molecular weight is 390 g/mol. The summed E-state index contributed by atoms with van der Waals surface area (Å²) in [6.07, 6.45) is -3.16. The van der Waals surface area contributed by atoms with Gasteiger partial charge < -0.3 is 10.0 Å². The predicted octanol–water partition coefficient (Wildman–Crippen LogP) is 2.63. The first-order chi connectivity index (χ1) is 11.8. The number of carbonyl (C=O) groups excluding carboxylic acids is 1. The molecule has 2 atom stereocenters. The van der Waals surface area contributed by atoms with Crippen LogP contribution in [0.2, 0.25) is 0 Å². The van der Waals surface area contributed by atoms with Gasteiger partial charge in [0.25, 0.3) is 5.91 Å². The van der Waals surface area contributed by atoms with E-state index < -0.39 is 43.0 Å². The molecule has 0 unspecified atom stereocenters. The van der Waals surface area contributed by atoms with Crippen LogP contribution < -0.4 is 0 Å². The number of para-hydroxylation sites is 1. The normalized spacial score (nSPS) is 19.9. The van der Waals surface area contributed by atoms with Crippen LogP contribution in [0.3, 0.4) is 0 Å². The molecule has 0 radical (unpaired) electrons. The second-order valence-electron chi connectivity index (χ2n) is 5.78. The fourth-order valence-corrected chi connectivity index (χ4v) is 2.88. The first kappa shape index (κ1) is 19.8. The van der Waals surface area contributed by atoms with Gasteiger partial charge in [-0.1, -0.05) is 18.2 Å². The number of carboxylic acid groups (broad SMARTS) is 1. The minimum atomic E-state index is -4.68. The Labute approximate surface area is 152 Å². The van der Waals surface area contributed by atoms with Gasteiger partial charge >= 0.3 is 12.1 Å². The van der Waals surface area contributed by atoms with Gasteiger partial charge in [0.2, 0.25) is 0 Å². The van der Waals surface area contributed by atoms with E-state index in [1.165, 1.54) is 16.9 Å². The number of benzene rings is 1. The van der Waals surface area contributed by atoms with E-state index in [2.05, 4.69) is 5.10 Å². The highest BCUT2D eigenvalue weighted by atomic mass is 35.5. The molecule has 2 aromatic rings. The van der Waals surface area contributed by atoms with Gasteiger partial charge in [-0.3, -0.25) is 9.59 Å². The van der Waals surface area contributed by atoms with Crippen LogP contribution in [-0.2, 0) is 4.79 Å². The molecule has 1 N–H and O–H groups in total. The maximum absolute atomic E-state index is 13.0. The van der Waals surface area contributed by atoms with Gasteiger partial charge in [-0.2, -0.15) is 18.3 Å². The van der Waals surface area contributed by atoms with Gasteiger partial charge in [0.15, 0.2) is 5.69 Å². The summed E-state index contributed by atoms with van der Waals surface area (Å²) in [6, 6.07) is 10.3. The molecule has 10 heteroatoms. The van der Waals surface area contributed by atoms with Gasteiger partial charge in [-0.15, -0.1) is 12.4 Å². The molecule has 3 rings (SSSR count). The summed E-state index contributed by atoms with van der Waals surface area (Å²) in [4.78, 5) is 24.4. The van der Waals surface area contributed by atoms with Crippen molar-refractivity contribution in [3.05, 3.63) is 48.3 Å². The number of alkyl halides is 3. The first-order valence-electron chi connectivity index (χ1n) is 7.47. The number of carboxylic acids is 1. The number of carbonyl (C=O) groups is 2. The maximum Gasteiger partial charge on any atom is 0.394 e. The predicted molar refractivity (Wildman–Crippen MR) is 87.4 cm³/mol. The van der Waals surface area contributed by atoms with Crippen molar-refractivity contribution in [1.82, 2.24) is 14.7 Å². The SMILES string of the molecule is Cl.O=C(O)[C@@H]1CN(C(=O)c2ccn(-c3ccccc3)n2)C[C@H]1C(F)(F)F. The average Bonchev–Trinajstić information content (AvgIpc) is 3.22. The third-order valence-electron chi connectivity index (χ3n) is 4.17. The molecule has 140 valence electrons. The Morgan fingerprint density at radius 2 is 1.77 bits per heavy atom.